The molecule has 2 N–H and O–H groups in total. The number of aromatic amines is 1. The zero-order valence-electron chi connectivity index (χ0n) is 14.9. The summed E-state index contributed by atoms with van der Waals surface area (Å²) in [6.45, 7) is 2.28. The molecule has 2 aliphatic rings. The molecule has 0 spiro atoms. The van der Waals surface area contributed by atoms with Gasteiger partial charge in [-0.15, -0.1) is 0 Å². The Morgan fingerprint density at radius 2 is 1.89 bits per heavy atom. The predicted molar refractivity (Wildman–Crippen MR) is 105 cm³/mol. The van der Waals surface area contributed by atoms with Crippen LogP contribution in [0.3, 0.4) is 0 Å². The first-order chi connectivity index (χ1) is 13.2. The van der Waals surface area contributed by atoms with Gasteiger partial charge in [-0.05, 0) is 49.2 Å². The molecule has 138 valence electrons. The Balaban J connectivity index is 1.28. The van der Waals surface area contributed by atoms with Crippen LogP contribution < -0.4 is 10.2 Å². The number of hydrogen-bond acceptors (Lipinski definition) is 3. The number of nitrogens with one attached hydrogen (secondary N) is 2. The summed E-state index contributed by atoms with van der Waals surface area (Å²) in [7, 11) is 0. The number of rotatable bonds is 2. The average Bonchev–Trinajstić information content (AvgIpc) is 3.31. The highest BCUT2D eigenvalue weighted by atomic mass is 19.1. The van der Waals surface area contributed by atoms with Crippen molar-refractivity contribution >= 4 is 28.2 Å². The Kier molecular flexibility index (Phi) is 3.77. The molecule has 1 amide bonds. The van der Waals surface area contributed by atoms with Crippen molar-refractivity contribution < 1.29 is 9.18 Å². The van der Waals surface area contributed by atoms with Gasteiger partial charge < -0.3 is 20.1 Å². The lowest BCUT2D eigenvalue weighted by Crippen LogP contribution is -2.46. The molecule has 1 fully saturated rings. The Hall–Kier alpha value is -3.02. The monoisotopic (exact) mass is 364 g/mol. The van der Waals surface area contributed by atoms with Crippen LogP contribution in [0.4, 0.5) is 15.8 Å². The molecule has 1 saturated heterocycles. The van der Waals surface area contributed by atoms with Crippen molar-refractivity contribution in [2.24, 2.45) is 0 Å². The molecule has 2 aromatic carbocycles. The van der Waals surface area contributed by atoms with Crippen molar-refractivity contribution in [1.29, 1.82) is 0 Å². The molecule has 3 aromatic rings. The molecule has 5 nitrogen and oxygen atoms in total. The van der Waals surface area contributed by atoms with Crippen LogP contribution in [-0.2, 0) is 0 Å². The molecule has 5 rings (SSSR count). The van der Waals surface area contributed by atoms with E-state index in [1.54, 1.807) is 12.1 Å². The number of hydrogen-bond donors (Lipinski definition) is 2. The molecule has 0 saturated carbocycles. The Morgan fingerprint density at radius 3 is 2.74 bits per heavy atom. The highest BCUT2D eigenvalue weighted by molar-refractivity contribution is 5.98. The standard InChI is InChI=1S/C21H21FN4O/c22-15-5-6-17-14(11-15)12-19(24-17)21(27)25-9-7-16(8-10-25)26-13-23-18-3-1-2-4-20(18)26/h1-6,11-12,16,23-24H,7-10,13H2. The number of likely N-dealkylation sites (tertiary alicyclic amines) is 1. The maximum atomic E-state index is 13.4. The molecule has 2 aliphatic heterocycles. The number of amides is 1. The van der Waals surface area contributed by atoms with Crippen LogP contribution in [-0.4, -0.2) is 41.6 Å². The number of carbonyl (C=O) groups is 1. The van der Waals surface area contributed by atoms with Crippen LogP contribution in [0.15, 0.2) is 48.5 Å². The summed E-state index contributed by atoms with van der Waals surface area (Å²) in [6, 6.07) is 15.1. The molecule has 0 bridgehead atoms. The van der Waals surface area contributed by atoms with E-state index in [1.807, 2.05) is 11.0 Å². The molecular weight excluding hydrogens is 343 g/mol. The molecular formula is C21H21FN4O. The van der Waals surface area contributed by atoms with Crippen LogP contribution in [0.2, 0.25) is 0 Å². The lowest BCUT2D eigenvalue weighted by molar-refractivity contribution is 0.0708. The molecule has 0 radical (unpaired) electrons. The van der Waals surface area contributed by atoms with Gasteiger partial charge in [0.2, 0.25) is 0 Å². The topological polar surface area (TPSA) is 51.4 Å². The highest BCUT2D eigenvalue weighted by Crippen LogP contribution is 2.34. The van der Waals surface area contributed by atoms with Crippen molar-refractivity contribution in [3.8, 4) is 0 Å². The smallest absolute Gasteiger partial charge is 0.270 e. The third-order valence-electron chi connectivity index (χ3n) is 5.66. The van der Waals surface area contributed by atoms with Gasteiger partial charge in [0.05, 0.1) is 18.0 Å². The minimum atomic E-state index is -0.291. The van der Waals surface area contributed by atoms with Crippen LogP contribution in [0, 0.1) is 5.82 Å². The molecule has 0 aliphatic carbocycles. The summed E-state index contributed by atoms with van der Waals surface area (Å²) >= 11 is 0. The second kappa shape index (κ2) is 6.30. The third kappa shape index (κ3) is 2.81. The fourth-order valence-corrected chi connectivity index (χ4v) is 4.22. The van der Waals surface area contributed by atoms with Crippen molar-refractivity contribution in [3.05, 3.63) is 60.0 Å². The van der Waals surface area contributed by atoms with Crippen LogP contribution in [0.1, 0.15) is 23.3 Å². The summed E-state index contributed by atoms with van der Waals surface area (Å²) < 4.78 is 13.4. The van der Waals surface area contributed by atoms with E-state index in [-0.39, 0.29) is 11.7 Å². The number of fused-ring (bicyclic) bond motifs is 2. The molecule has 27 heavy (non-hydrogen) atoms. The zero-order valence-corrected chi connectivity index (χ0v) is 14.9. The second-order valence-corrected chi connectivity index (χ2v) is 7.26. The maximum Gasteiger partial charge on any atom is 0.270 e. The fourth-order valence-electron chi connectivity index (χ4n) is 4.22. The van der Waals surface area contributed by atoms with E-state index in [1.165, 1.54) is 23.5 Å². The number of halogens is 1. The van der Waals surface area contributed by atoms with E-state index in [2.05, 4.69) is 33.4 Å². The van der Waals surface area contributed by atoms with Crippen molar-refractivity contribution in [1.82, 2.24) is 9.88 Å². The van der Waals surface area contributed by atoms with Gasteiger partial charge in [-0.3, -0.25) is 4.79 Å². The van der Waals surface area contributed by atoms with E-state index < -0.39 is 0 Å². The van der Waals surface area contributed by atoms with E-state index in [0.717, 1.165) is 43.5 Å². The Labute approximate surface area is 156 Å². The van der Waals surface area contributed by atoms with Gasteiger partial charge in [0.15, 0.2) is 0 Å². The normalized spacial score (nSPS) is 17.2. The molecule has 6 heteroatoms. The van der Waals surface area contributed by atoms with E-state index >= 15 is 0 Å². The van der Waals surface area contributed by atoms with Crippen LogP contribution in [0.5, 0.6) is 0 Å². The van der Waals surface area contributed by atoms with Crippen LogP contribution >= 0.6 is 0 Å². The largest absolute Gasteiger partial charge is 0.366 e. The zero-order chi connectivity index (χ0) is 18.4. The van der Waals surface area contributed by atoms with Gasteiger partial charge in [-0.2, -0.15) is 0 Å². The lowest BCUT2D eigenvalue weighted by Gasteiger charge is -2.37. The molecule has 0 unspecified atom stereocenters. The number of benzene rings is 2. The van der Waals surface area contributed by atoms with Gasteiger partial charge in [-0.1, -0.05) is 12.1 Å². The average molecular weight is 364 g/mol. The van der Waals surface area contributed by atoms with Gasteiger partial charge >= 0.3 is 0 Å². The van der Waals surface area contributed by atoms with Crippen molar-refractivity contribution in [2.45, 2.75) is 18.9 Å². The number of piperidine rings is 1. The van der Waals surface area contributed by atoms with Crippen molar-refractivity contribution in [2.75, 3.05) is 30.0 Å². The summed E-state index contributed by atoms with van der Waals surface area (Å²) in [5.41, 5.74) is 3.75. The van der Waals surface area contributed by atoms with E-state index in [9.17, 15) is 9.18 Å². The summed E-state index contributed by atoms with van der Waals surface area (Å²) in [6.07, 6.45) is 1.88. The van der Waals surface area contributed by atoms with E-state index in [0.29, 0.717) is 11.7 Å². The Morgan fingerprint density at radius 1 is 1.07 bits per heavy atom. The second-order valence-electron chi connectivity index (χ2n) is 7.26. The van der Waals surface area contributed by atoms with Gasteiger partial charge in [0, 0.05) is 30.0 Å². The summed E-state index contributed by atoms with van der Waals surface area (Å²) in [5.74, 6) is -0.300. The number of anilines is 2. The van der Waals surface area contributed by atoms with Gasteiger partial charge in [-0.25, -0.2) is 4.39 Å². The summed E-state index contributed by atoms with van der Waals surface area (Å²) in [5, 5.41) is 4.17. The minimum Gasteiger partial charge on any atom is -0.366 e. The molecule has 1 aromatic heterocycles. The maximum absolute atomic E-state index is 13.4. The van der Waals surface area contributed by atoms with Gasteiger partial charge in [0.1, 0.15) is 11.5 Å². The quantitative estimate of drug-likeness (QED) is 0.727. The summed E-state index contributed by atoms with van der Waals surface area (Å²) in [4.78, 5) is 20.3. The minimum absolute atomic E-state index is 0.00925. The first-order valence-electron chi connectivity index (χ1n) is 9.36. The first kappa shape index (κ1) is 16.2. The number of nitrogens with zero attached hydrogens (tertiary/aromatic N) is 2. The van der Waals surface area contributed by atoms with Crippen molar-refractivity contribution in [3.63, 3.8) is 0 Å². The SMILES string of the molecule is O=C(c1cc2cc(F)ccc2[nH]1)N1CCC(N2CNc3ccccc32)CC1. The fraction of sp³-hybridized carbons (Fsp3) is 0.286. The third-order valence-corrected chi connectivity index (χ3v) is 5.66. The number of carbonyl (C=O) groups excluding carboxylic acids is 1. The number of aromatic nitrogens is 1. The molecule has 0 atom stereocenters. The predicted octanol–water partition coefficient (Wildman–Crippen LogP) is 3.80. The number of para-hydroxylation sites is 2. The van der Waals surface area contributed by atoms with Gasteiger partial charge in [0.25, 0.3) is 5.91 Å². The first-order valence-corrected chi connectivity index (χ1v) is 9.36. The van der Waals surface area contributed by atoms with Crippen LogP contribution in [0.25, 0.3) is 10.9 Å². The van der Waals surface area contributed by atoms with E-state index in [4.69, 9.17) is 0 Å². The highest BCUT2D eigenvalue weighted by Gasteiger charge is 2.31. The molecule has 3 heterocycles. The lowest BCUT2D eigenvalue weighted by atomic mass is 10.0. The Bertz CT molecular complexity index is 1010. The number of H-pyrrole nitrogens is 1.